The topological polar surface area (TPSA) is 116 Å². The van der Waals surface area contributed by atoms with E-state index in [0.29, 0.717) is 25.8 Å². The molecule has 0 bridgehead atoms. The van der Waals surface area contributed by atoms with Gasteiger partial charge in [-0.2, -0.15) is 0 Å². The van der Waals surface area contributed by atoms with Gasteiger partial charge in [-0.05, 0) is 56.7 Å². The van der Waals surface area contributed by atoms with E-state index in [-0.39, 0.29) is 0 Å². The predicted molar refractivity (Wildman–Crippen MR) is 130 cm³/mol. The summed E-state index contributed by atoms with van der Waals surface area (Å²) < 4.78 is 15.6. The molecule has 180 valence electrons. The Labute approximate surface area is 198 Å². The summed E-state index contributed by atoms with van der Waals surface area (Å²) in [7, 11) is 0. The molecule has 4 atom stereocenters. The van der Waals surface area contributed by atoms with Crippen LogP contribution in [0.3, 0.4) is 0 Å². The Hall–Kier alpha value is -2.10. The van der Waals surface area contributed by atoms with E-state index in [1.54, 1.807) is 0 Å². The molecule has 2 aromatic carbocycles. The van der Waals surface area contributed by atoms with Gasteiger partial charge in [0.15, 0.2) is 0 Å². The number of benzene rings is 2. The summed E-state index contributed by atoms with van der Waals surface area (Å²) in [5.41, 5.74) is 1.69. The summed E-state index contributed by atoms with van der Waals surface area (Å²) in [5.74, 6) is 0. The maximum Gasteiger partial charge on any atom is 0.407 e. The lowest BCUT2D eigenvalue weighted by molar-refractivity contribution is -0.0432. The van der Waals surface area contributed by atoms with E-state index < -0.39 is 46.5 Å². The van der Waals surface area contributed by atoms with Gasteiger partial charge in [0.1, 0.15) is 16.4 Å². The zero-order valence-corrected chi connectivity index (χ0v) is 20.2. The smallest absolute Gasteiger partial charge is 0.407 e. The number of aliphatic hydroxyl groups is 2. The number of aliphatic hydroxyl groups excluding tert-OH is 2. The Morgan fingerprint density at radius 2 is 1.88 bits per heavy atom. The number of hydrogen-bond acceptors (Lipinski definition) is 5. The van der Waals surface area contributed by atoms with E-state index in [2.05, 4.69) is 4.72 Å². The second-order valence-corrected chi connectivity index (χ2v) is 11.6. The fraction of sp³-hybridized carbons (Fsp3) is 0.480. The van der Waals surface area contributed by atoms with Crippen molar-refractivity contribution in [2.45, 2.75) is 62.5 Å². The molecule has 1 aliphatic heterocycles. The molecule has 1 aliphatic rings. The number of likely N-dealkylation sites (tertiary alicyclic amines) is 1. The van der Waals surface area contributed by atoms with Gasteiger partial charge in [0.05, 0.1) is 12.6 Å². The molecule has 0 saturated carbocycles. The number of hydrogen-bond donors (Lipinski definition) is 4. The molecular weight excluding hydrogens is 440 g/mol. The van der Waals surface area contributed by atoms with Gasteiger partial charge >= 0.3 is 6.09 Å². The average molecular weight is 475 g/mol. The lowest BCUT2D eigenvalue weighted by Gasteiger charge is -2.51. The Bertz CT molecular complexity index is 936. The van der Waals surface area contributed by atoms with Crippen LogP contribution < -0.4 is 4.72 Å². The lowest BCUT2D eigenvalue weighted by atomic mass is 9.75. The molecule has 0 spiro atoms. The molecule has 7 nitrogen and oxygen atoms in total. The molecule has 3 rings (SSSR count). The fourth-order valence-corrected chi connectivity index (χ4v) is 5.49. The highest BCUT2D eigenvalue weighted by Crippen LogP contribution is 2.36. The van der Waals surface area contributed by atoms with Crippen LogP contribution in [0.15, 0.2) is 54.6 Å². The van der Waals surface area contributed by atoms with Crippen LogP contribution in [0.25, 0.3) is 11.1 Å². The van der Waals surface area contributed by atoms with Crippen molar-refractivity contribution in [3.05, 3.63) is 60.2 Å². The molecule has 1 fully saturated rings. The number of nitrogens with one attached hydrogen (secondary N) is 1. The number of carboxylic acid groups (broad SMARTS) is 1. The van der Waals surface area contributed by atoms with Gasteiger partial charge in [-0.1, -0.05) is 54.6 Å². The molecule has 0 aromatic heterocycles. The van der Waals surface area contributed by atoms with E-state index in [4.69, 9.17) is 0 Å². The van der Waals surface area contributed by atoms with Gasteiger partial charge in [-0.3, -0.25) is 0 Å². The molecule has 0 aliphatic carbocycles. The summed E-state index contributed by atoms with van der Waals surface area (Å²) in [6.45, 7) is 5.17. The van der Waals surface area contributed by atoms with Crippen LogP contribution in [0.4, 0.5) is 4.79 Å². The minimum atomic E-state index is -1.58. The van der Waals surface area contributed by atoms with Crippen LogP contribution in [-0.2, 0) is 17.8 Å². The Balaban J connectivity index is 2.03. The zero-order valence-electron chi connectivity index (χ0n) is 19.4. The molecular formula is C25H34N2O5S. The van der Waals surface area contributed by atoms with Gasteiger partial charge in [0, 0.05) is 17.9 Å². The van der Waals surface area contributed by atoms with Crippen molar-refractivity contribution >= 4 is 17.5 Å². The maximum atomic E-state index is 13.1. The highest BCUT2D eigenvalue weighted by molar-refractivity contribution is 7.90. The molecule has 0 unspecified atom stereocenters. The predicted octanol–water partition coefficient (Wildman–Crippen LogP) is 3.18. The summed E-state index contributed by atoms with van der Waals surface area (Å²) >= 11 is -1.58. The third kappa shape index (κ3) is 5.70. The minimum Gasteiger partial charge on any atom is -0.598 e. The van der Waals surface area contributed by atoms with Crippen molar-refractivity contribution in [1.82, 2.24) is 9.62 Å². The van der Waals surface area contributed by atoms with Crippen LogP contribution in [0.2, 0.25) is 0 Å². The Kier molecular flexibility index (Phi) is 8.08. The van der Waals surface area contributed by atoms with Gasteiger partial charge in [-0.25, -0.2) is 4.79 Å². The SMILES string of the molecule is CC(C)(C)[S@@+]([O-])N[C@@]1([C@@H](O)CO)CCCN(C(=O)O)[C@H]1Cc1cccc(-c2ccccc2)c1. The van der Waals surface area contributed by atoms with Crippen molar-refractivity contribution in [1.29, 1.82) is 0 Å². The van der Waals surface area contributed by atoms with E-state index in [0.717, 1.165) is 16.7 Å². The van der Waals surface area contributed by atoms with Gasteiger partial charge < -0.3 is 24.8 Å². The third-order valence-corrected chi connectivity index (χ3v) is 7.95. The number of rotatable bonds is 7. The average Bonchev–Trinajstić information content (AvgIpc) is 2.79. The minimum absolute atomic E-state index is 0.304. The first-order valence-corrected chi connectivity index (χ1v) is 12.4. The van der Waals surface area contributed by atoms with E-state index in [1.165, 1.54) is 4.90 Å². The zero-order chi connectivity index (χ0) is 24.2. The summed E-state index contributed by atoms with van der Waals surface area (Å²) in [4.78, 5) is 13.5. The Morgan fingerprint density at radius 1 is 1.21 bits per heavy atom. The molecule has 4 N–H and O–H groups in total. The van der Waals surface area contributed by atoms with Crippen molar-refractivity contribution < 1.29 is 24.7 Å². The van der Waals surface area contributed by atoms with Crippen molar-refractivity contribution in [2.75, 3.05) is 13.2 Å². The first-order chi connectivity index (χ1) is 15.6. The highest BCUT2D eigenvalue weighted by Gasteiger charge is 2.54. The first-order valence-electron chi connectivity index (χ1n) is 11.2. The first kappa shape index (κ1) is 25.5. The summed E-state index contributed by atoms with van der Waals surface area (Å²) in [6.07, 6.45) is -1.20. The summed E-state index contributed by atoms with van der Waals surface area (Å²) in [5, 5.41) is 30.9. The number of amides is 1. The van der Waals surface area contributed by atoms with E-state index in [9.17, 15) is 24.7 Å². The van der Waals surface area contributed by atoms with Crippen LogP contribution >= 0.6 is 0 Å². The van der Waals surface area contributed by atoms with Crippen LogP contribution in [0.1, 0.15) is 39.2 Å². The standard InChI is InChI=1S/C25H34N2O5S/c1-24(2,3)33(32)26-25(22(29)17-28)13-8-14-27(23(30)31)21(25)16-18-9-7-12-20(15-18)19-10-5-4-6-11-19/h4-7,9-12,15,21-22,26,28-29H,8,13-14,16-17H2,1-3H3,(H,30,31)/t21-,22-,25-,33+/m0/s1. The lowest BCUT2D eigenvalue weighted by Crippen LogP contribution is -2.73. The van der Waals surface area contributed by atoms with Crippen LogP contribution in [-0.4, -0.2) is 66.4 Å². The monoisotopic (exact) mass is 474 g/mol. The fourth-order valence-electron chi connectivity index (χ4n) is 4.46. The van der Waals surface area contributed by atoms with Gasteiger partial charge in [-0.15, -0.1) is 4.72 Å². The molecule has 2 aromatic rings. The summed E-state index contributed by atoms with van der Waals surface area (Å²) in [6, 6.07) is 17.0. The maximum absolute atomic E-state index is 13.1. The van der Waals surface area contributed by atoms with Crippen molar-refractivity contribution in [3.8, 4) is 11.1 Å². The highest BCUT2D eigenvalue weighted by atomic mass is 32.2. The second-order valence-electron chi connectivity index (χ2n) is 9.59. The second kappa shape index (κ2) is 10.4. The number of piperidine rings is 1. The molecule has 8 heteroatoms. The molecule has 0 radical (unpaired) electrons. The van der Waals surface area contributed by atoms with Gasteiger partial charge in [0.2, 0.25) is 0 Å². The molecule has 33 heavy (non-hydrogen) atoms. The van der Waals surface area contributed by atoms with Crippen LogP contribution in [0.5, 0.6) is 0 Å². The van der Waals surface area contributed by atoms with Crippen molar-refractivity contribution in [2.24, 2.45) is 0 Å². The molecule has 1 amide bonds. The van der Waals surface area contributed by atoms with Gasteiger partial charge in [0.25, 0.3) is 0 Å². The normalized spacial score (nSPS) is 23.2. The van der Waals surface area contributed by atoms with E-state index >= 15 is 0 Å². The van der Waals surface area contributed by atoms with Crippen molar-refractivity contribution in [3.63, 3.8) is 0 Å². The Morgan fingerprint density at radius 3 is 2.48 bits per heavy atom. The quantitative estimate of drug-likeness (QED) is 0.458. The number of carbonyl (C=O) groups is 1. The molecule has 1 heterocycles. The van der Waals surface area contributed by atoms with E-state index in [1.807, 2.05) is 75.4 Å². The third-order valence-electron chi connectivity index (χ3n) is 6.28. The van der Waals surface area contributed by atoms with Crippen LogP contribution in [0, 0.1) is 0 Å². The largest absolute Gasteiger partial charge is 0.598 e. The molecule has 1 saturated heterocycles. The number of nitrogens with zero attached hydrogens (tertiary/aromatic N) is 1.